The van der Waals surface area contributed by atoms with Gasteiger partial charge in [0, 0.05) is 23.5 Å². The second kappa shape index (κ2) is 8.17. The highest BCUT2D eigenvalue weighted by molar-refractivity contribution is 6.30. The van der Waals surface area contributed by atoms with Gasteiger partial charge >= 0.3 is 6.01 Å². The molecule has 0 aliphatic carbocycles. The van der Waals surface area contributed by atoms with Crippen molar-refractivity contribution in [2.24, 2.45) is 0 Å². The summed E-state index contributed by atoms with van der Waals surface area (Å²) in [6.07, 6.45) is 3.24. The number of hydrogen-bond donors (Lipinski definition) is 0. The van der Waals surface area contributed by atoms with Gasteiger partial charge in [0.15, 0.2) is 0 Å². The van der Waals surface area contributed by atoms with Crippen LogP contribution in [0, 0.1) is 0 Å². The van der Waals surface area contributed by atoms with E-state index in [1.54, 1.807) is 36.7 Å². The fraction of sp³-hybridized carbons (Fsp3) is 0.111. The molecule has 0 bridgehead atoms. The molecule has 0 aliphatic rings. The first-order chi connectivity index (χ1) is 11.8. The first-order valence-electron chi connectivity index (χ1n) is 7.36. The summed E-state index contributed by atoms with van der Waals surface area (Å²) in [7, 11) is 0. The molecule has 0 atom stereocenters. The molecule has 0 aliphatic heterocycles. The summed E-state index contributed by atoms with van der Waals surface area (Å²) in [5, 5.41) is 0.640. The normalized spacial score (nSPS) is 10.2. The molecule has 0 saturated heterocycles. The van der Waals surface area contributed by atoms with Crippen molar-refractivity contribution in [3.8, 4) is 23.3 Å². The van der Waals surface area contributed by atoms with Crippen molar-refractivity contribution in [2.75, 3.05) is 13.2 Å². The molecule has 3 aromatic rings. The summed E-state index contributed by atoms with van der Waals surface area (Å²) in [5.41, 5.74) is 0. The van der Waals surface area contributed by atoms with Crippen LogP contribution in [0.15, 0.2) is 67.0 Å². The summed E-state index contributed by atoms with van der Waals surface area (Å²) in [5.74, 6) is 2.00. The maximum Gasteiger partial charge on any atom is 0.321 e. The molecular formula is C18H15ClN2O3. The number of ether oxygens (including phenoxy) is 3. The van der Waals surface area contributed by atoms with Crippen LogP contribution >= 0.6 is 11.6 Å². The number of benzene rings is 2. The van der Waals surface area contributed by atoms with Crippen LogP contribution in [0.4, 0.5) is 0 Å². The van der Waals surface area contributed by atoms with Crippen LogP contribution < -0.4 is 14.2 Å². The Labute approximate surface area is 144 Å². The van der Waals surface area contributed by atoms with E-state index >= 15 is 0 Å². The molecule has 0 spiro atoms. The predicted octanol–water partition coefficient (Wildman–Crippen LogP) is 4.38. The molecule has 0 saturated carbocycles. The minimum Gasteiger partial charge on any atom is -0.490 e. The van der Waals surface area contributed by atoms with Crippen LogP contribution in [0.3, 0.4) is 0 Å². The summed E-state index contributed by atoms with van der Waals surface area (Å²) in [6.45, 7) is 0.811. The molecule has 0 fully saturated rings. The smallest absolute Gasteiger partial charge is 0.321 e. The molecule has 6 heteroatoms. The van der Waals surface area contributed by atoms with Crippen LogP contribution in [0.25, 0.3) is 0 Å². The van der Waals surface area contributed by atoms with Gasteiger partial charge in [0.05, 0.1) is 0 Å². The molecule has 122 valence electrons. The van der Waals surface area contributed by atoms with Crippen molar-refractivity contribution < 1.29 is 14.2 Å². The Bertz CT molecular complexity index is 784. The fourth-order valence-electron chi connectivity index (χ4n) is 1.95. The summed E-state index contributed by atoms with van der Waals surface area (Å²) in [4.78, 5) is 8.03. The lowest BCUT2D eigenvalue weighted by Crippen LogP contribution is -2.08. The molecule has 2 aromatic carbocycles. The van der Waals surface area contributed by atoms with E-state index in [4.69, 9.17) is 25.8 Å². The van der Waals surface area contributed by atoms with Gasteiger partial charge in [-0.15, -0.1) is 0 Å². The molecule has 1 heterocycles. The van der Waals surface area contributed by atoms with Gasteiger partial charge in [0.25, 0.3) is 0 Å². The van der Waals surface area contributed by atoms with Gasteiger partial charge in [0.2, 0.25) is 0 Å². The number of nitrogens with zero attached hydrogens (tertiary/aromatic N) is 2. The van der Waals surface area contributed by atoms with Crippen molar-refractivity contribution in [3.05, 3.63) is 72.0 Å². The Hall–Kier alpha value is -2.79. The quantitative estimate of drug-likeness (QED) is 0.596. The van der Waals surface area contributed by atoms with Crippen LogP contribution in [0.5, 0.6) is 23.3 Å². The maximum absolute atomic E-state index is 5.90. The van der Waals surface area contributed by atoms with E-state index < -0.39 is 0 Å². The van der Waals surface area contributed by atoms with Crippen LogP contribution in [0.1, 0.15) is 0 Å². The third-order valence-corrected chi connectivity index (χ3v) is 3.21. The van der Waals surface area contributed by atoms with Crippen molar-refractivity contribution >= 4 is 11.6 Å². The average molecular weight is 343 g/mol. The molecule has 0 N–H and O–H groups in total. The number of rotatable bonds is 7. The Balaban J connectivity index is 1.49. The van der Waals surface area contributed by atoms with Crippen LogP contribution in [-0.4, -0.2) is 23.2 Å². The zero-order chi connectivity index (χ0) is 16.6. The zero-order valence-corrected chi connectivity index (χ0v) is 13.5. The summed E-state index contributed by atoms with van der Waals surface area (Å²) < 4.78 is 16.8. The van der Waals surface area contributed by atoms with Crippen molar-refractivity contribution in [1.29, 1.82) is 0 Å². The molecule has 0 unspecified atom stereocenters. The monoisotopic (exact) mass is 342 g/mol. The van der Waals surface area contributed by atoms with E-state index in [9.17, 15) is 0 Å². The van der Waals surface area contributed by atoms with E-state index in [1.807, 2.05) is 30.3 Å². The Morgan fingerprint density at radius 3 is 2.08 bits per heavy atom. The topological polar surface area (TPSA) is 53.5 Å². The fourth-order valence-corrected chi connectivity index (χ4v) is 2.13. The van der Waals surface area contributed by atoms with E-state index in [-0.39, 0.29) is 0 Å². The van der Waals surface area contributed by atoms with Gasteiger partial charge in [-0.1, -0.05) is 23.7 Å². The van der Waals surface area contributed by atoms with Gasteiger partial charge in [-0.05, 0) is 36.4 Å². The summed E-state index contributed by atoms with van der Waals surface area (Å²) >= 11 is 5.90. The second-order valence-corrected chi connectivity index (χ2v) is 5.20. The van der Waals surface area contributed by atoms with Crippen molar-refractivity contribution in [3.63, 3.8) is 0 Å². The standard InChI is InChI=1S/C18H15ClN2O3/c19-14-4-1-5-15(12-14)22-10-11-23-16-6-2-7-17(13-16)24-18-20-8-3-9-21-18/h1-9,12-13H,10-11H2. The molecule has 24 heavy (non-hydrogen) atoms. The SMILES string of the molecule is Clc1cccc(OCCOc2cccc(Oc3ncccn3)c2)c1. The predicted molar refractivity (Wildman–Crippen MR) is 91.0 cm³/mol. The molecule has 1 aromatic heterocycles. The van der Waals surface area contributed by atoms with Crippen molar-refractivity contribution in [2.45, 2.75) is 0 Å². The maximum atomic E-state index is 5.90. The minimum atomic E-state index is 0.291. The van der Waals surface area contributed by atoms with Gasteiger partial charge in [-0.2, -0.15) is 0 Å². The molecule has 5 nitrogen and oxygen atoms in total. The number of aromatic nitrogens is 2. The molecular weight excluding hydrogens is 328 g/mol. The highest BCUT2D eigenvalue weighted by Gasteiger charge is 2.02. The van der Waals surface area contributed by atoms with Crippen molar-refractivity contribution in [1.82, 2.24) is 9.97 Å². The lowest BCUT2D eigenvalue weighted by atomic mass is 10.3. The average Bonchev–Trinajstić information content (AvgIpc) is 2.60. The first kappa shape index (κ1) is 16.1. The van der Waals surface area contributed by atoms with E-state index in [0.717, 1.165) is 0 Å². The molecule has 0 radical (unpaired) electrons. The van der Waals surface area contributed by atoms with Crippen LogP contribution in [-0.2, 0) is 0 Å². The van der Waals surface area contributed by atoms with Crippen LogP contribution in [0.2, 0.25) is 5.02 Å². The highest BCUT2D eigenvalue weighted by Crippen LogP contribution is 2.23. The summed E-state index contributed by atoms with van der Waals surface area (Å²) in [6, 6.07) is 16.5. The second-order valence-electron chi connectivity index (χ2n) is 4.76. The van der Waals surface area contributed by atoms with E-state index in [1.165, 1.54) is 0 Å². The minimum absolute atomic E-state index is 0.291. The molecule has 0 amide bonds. The first-order valence-corrected chi connectivity index (χ1v) is 7.73. The lowest BCUT2D eigenvalue weighted by Gasteiger charge is -2.10. The Morgan fingerprint density at radius 1 is 0.750 bits per heavy atom. The van der Waals surface area contributed by atoms with Gasteiger partial charge in [0.1, 0.15) is 30.5 Å². The molecule has 3 rings (SSSR count). The van der Waals surface area contributed by atoms with Gasteiger partial charge in [-0.3, -0.25) is 0 Å². The largest absolute Gasteiger partial charge is 0.490 e. The van der Waals surface area contributed by atoms with Gasteiger partial charge in [-0.25, -0.2) is 9.97 Å². The van der Waals surface area contributed by atoms with Gasteiger partial charge < -0.3 is 14.2 Å². The Morgan fingerprint density at radius 2 is 1.38 bits per heavy atom. The zero-order valence-electron chi connectivity index (χ0n) is 12.8. The lowest BCUT2D eigenvalue weighted by molar-refractivity contribution is 0.216. The third kappa shape index (κ3) is 4.86. The third-order valence-electron chi connectivity index (χ3n) is 2.97. The number of hydrogen-bond acceptors (Lipinski definition) is 5. The van der Waals surface area contributed by atoms with E-state index in [0.29, 0.717) is 41.5 Å². The Kier molecular flexibility index (Phi) is 5.48. The highest BCUT2D eigenvalue weighted by atomic mass is 35.5. The number of halogens is 1. The van der Waals surface area contributed by atoms with E-state index in [2.05, 4.69) is 9.97 Å².